The monoisotopic (exact) mass is 316 g/mol. The van der Waals surface area contributed by atoms with E-state index in [2.05, 4.69) is 23.0 Å². The first-order valence-corrected chi connectivity index (χ1v) is 6.78. The molecule has 10 heteroatoms. The average molecular weight is 316 g/mol. The third-order valence-electron chi connectivity index (χ3n) is 2.54. The van der Waals surface area contributed by atoms with Crippen molar-refractivity contribution in [3.8, 4) is 0 Å². The molecule has 1 N–H and O–H groups in total. The molecule has 21 heavy (non-hydrogen) atoms. The van der Waals surface area contributed by atoms with Crippen molar-refractivity contribution in [1.29, 1.82) is 0 Å². The summed E-state index contributed by atoms with van der Waals surface area (Å²) in [5.74, 6) is -1.34. The van der Waals surface area contributed by atoms with E-state index in [1.54, 1.807) is 13.8 Å². The van der Waals surface area contributed by atoms with Crippen molar-refractivity contribution in [2.75, 3.05) is 12.4 Å². The molecule has 0 aliphatic heterocycles. The van der Waals surface area contributed by atoms with Crippen molar-refractivity contribution in [1.82, 2.24) is 15.1 Å². The van der Waals surface area contributed by atoms with Crippen LogP contribution in [0.25, 0.3) is 0 Å². The fraction of sp³-hybridized carbons (Fsp3) is 0.545. The summed E-state index contributed by atoms with van der Waals surface area (Å²) in [5.41, 5.74) is 0.468. The summed E-state index contributed by atoms with van der Waals surface area (Å²) in [5, 5.41) is 16.7. The van der Waals surface area contributed by atoms with Gasteiger partial charge in [0.1, 0.15) is 12.6 Å². The van der Waals surface area contributed by atoms with Crippen LogP contribution in [0.4, 0.5) is 5.82 Å². The van der Waals surface area contributed by atoms with Crippen molar-refractivity contribution >= 4 is 30.3 Å². The lowest BCUT2D eigenvalue weighted by atomic mass is 10.3. The molecule has 0 bridgehead atoms. The van der Waals surface area contributed by atoms with E-state index in [-0.39, 0.29) is 24.7 Å². The molecule has 1 atom stereocenters. The Morgan fingerprint density at radius 2 is 2.29 bits per heavy atom. The number of hydrogen-bond acceptors (Lipinski definition) is 7. The fourth-order valence-corrected chi connectivity index (χ4v) is 1.78. The number of nitro groups is 1. The Morgan fingerprint density at radius 1 is 1.62 bits per heavy atom. The largest absolute Gasteiger partial charge is 0.464 e. The molecule has 116 valence electrons. The van der Waals surface area contributed by atoms with Gasteiger partial charge >= 0.3 is 11.8 Å². The van der Waals surface area contributed by atoms with Crippen molar-refractivity contribution in [2.24, 2.45) is 0 Å². The van der Waals surface area contributed by atoms with E-state index in [0.29, 0.717) is 5.69 Å². The van der Waals surface area contributed by atoms with Gasteiger partial charge in [-0.2, -0.15) is 17.3 Å². The van der Waals surface area contributed by atoms with E-state index in [0.717, 1.165) is 0 Å². The highest BCUT2D eigenvalue weighted by atomic mass is 32.1. The second kappa shape index (κ2) is 7.62. The van der Waals surface area contributed by atoms with Gasteiger partial charge in [-0.15, -0.1) is 0 Å². The molecular formula is C11H16N4O5S. The first-order valence-electron chi connectivity index (χ1n) is 6.14. The van der Waals surface area contributed by atoms with E-state index < -0.39 is 22.8 Å². The zero-order valence-corrected chi connectivity index (χ0v) is 12.5. The van der Waals surface area contributed by atoms with Crippen molar-refractivity contribution in [2.45, 2.75) is 26.4 Å². The maximum absolute atomic E-state index is 11.8. The molecule has 0 saturated heterocycles. The fourth-order valence-electron chi connectivity index (χ4n) is 1.54. The number of aryl methyl sites for hydroxylation is 1. The number of nitrogens with one attached hydrogen (secondary N) is 1. The summed E-state index contributed by atoms with van der Waals surface area (Å²) in [6.45, 7) is 3.21. The molecule has 1 aromatic rings. The lowest BCUT2D eigenvalue weighted by Crippen LogP contribution is -2.44. The highest BCUT2D eigenvalue weighted by Gasteiger charge is 2.22. The Kier molecular flexibility index (Phi) is 6.15. The van der Waals surface area contributed by atoms with Gasteiger partial charge in [0, 0.05) is 5.75 Å². The minimum Gasteiger partial charge on any atom is -0.464 e. The maximum atomic E-state index is 11.8. The van der Waals surface area contributed by atoms with Crippen LogP contribution >= 0.6 is 12.6 Å². The van der Waals surface area contributed by atoms with Gasteiger partial charge in [-0.05, 0) is 18.8 Å². The molecular weight excluding hydrogens is 300 g/mol. The molecule has 0 aliphatic rings. The quantitative estimate of drug-likeness (QED) is 0.318. The Labute approximate surface area is 126 Å². The third-order valence-corrected chi connectivity index (χ3v) is 2.90. The number of esters is 1. The van der Waals surface area contributed by atoms with E-state index in [1.165, 1.54) is 10.7 Å². The van der Waals surface area contributed by atoms with Crippen LogP contribution in [0.2, 0.25) is 0 Å². The summed E-state index contributed by atoms with van der Waals surface area (Å²) in [7, 11) is 0. The maximum Gasteiger partial charge on any atom is 0.390 e. The molecule has 0 saturated carbocycles. The molecule has 1 amide bonds. The Bertz CT molecular complexity index is 545. The van der Waals surface area contributed by atoms with E-state index in [1.807, 2.05) is 0 Å². The highest BCUT2D eigenvalue weighted by Crippen LogP contribution is 2.10. The average Bonchev–Trinajstić information content (AvgIpc) is 2.78. The number of aromatic nitrogens is 2. The van der Waals surface area contributed by atoms with Crippen molar-refractivity contribution in [3.05, 3.63) is 21.9 Å². The molecule has 0 fully saturated rings. The first kappa shape index (κ1) is 17.0. The normalized spacial score (nSPS) is 11.8. The zero-order chi connectivity index (χ0) is 16.0. The van der Waals surface area contributed by atoms with Gasteiger partial charge in [0.15, 0.2) is 0 Å². The third kappa shape index (κ3) is 4.74. The molecule has 0 radical (unpaired) electrons. The number of amides is 1. The number of nitrogens with zero attached hydrogens (tertiary/aromatic N) is 3. The van der Waals surface area contributed by atoms with Crippen LogP contribution in [0.1, 0.15) is 12.6 Å². The SMILES string of the molecule is CCOC(=O)[C@H](CS)NC(=O)Cn1nc([N+](=O)[O-])cc1C. The van der Waals surface area contributed by atoms with Gasteiger partial charge in [0.05, 0.1) is 23.5 Å². The standard InChI is InChI=1S/C11H16N4O5S/c1-3-20-11(17)8(6-21)12-10(16)5-14-7(2)4-9(13-14)15(18)19/h4,8,21H,3,5-6H2,1-2H3,(H,12,16)/t8-/m0/s1. The molecule has 1 rings (SSSR count). The molecule has 0 unspecified atom stereocenters. The van der Waals surface area contributed by atoms with Gasteiger partial charge in [-0.1, -0.05) is 0 Å². The Morgan fingerprint density at radius 3 is 2.76 bits per heavy atom. The van der Waals surface area contributed by atoms with Crippen LogP contribution in [0.3, 0.4) is 0 Å². The summed E-state index contributed by atoms with van der Waals surface area (Å²) >= 11 is 3.97. The second-order valence-corrected chi connectivity index (χ2v) is 4.48. The predicted octanol–water partition coefficient (Wildman–Crippen LogP) is 0.0774. The number of hydrogen-bond donors (Lipinski definition) is 2. The van der Waals surface area contributed by atoms with E-state index >= 15 is 0 Å². The summed E-state index contributed by atoms with van der Waals surface area (Å²) in [6, 6.07) is 0.390. The lowest BCUT2D eigenvalue weighted by Gasteiger charge is -2.14. The lowest BCUT2D eigenvalue weighted by molar-refractivity contribution is -0.389. The van der Waals surface area contributed by atoms with E-state index in [4.69, 9.17) is 4.74 Å². The second-order valence-electron chi connectivity index (χ2n) is 4.11. The van der Waals surface area contributed by atoms with Crippen LogP contribution < -0.4 is 5.32 Å². The van der Waals surface area contributed by atoms with Crippen LogP contribution in [0.15, 0.2) is 6.07 Å². The molecule has 9 nitrogen and oxygen atoms in total. The summed E-state index contributed by atoms with van der Waals surface area (Å²) < 4.78 is 5.98. The van der Waals surface area contributed by atoms with Crippen molar-refractivity contribution in [3.63, 3.8) is 0 Å². The Balaban J connectivity index is 2.68. The van der Waals surface area contributed by atoms with Gasteiger partial charge < -0.3 is 20.2 Å². The minimum absolute atomic E-state index is 0.0861. The molecule has 1 heterocycles. The van der Waals surface area contributed by atoms with Crippen molar-refractivity contribution < 1.29 is 19.2 Å². The van der Waals surface area contributed by atoms with Crippen LogP contribution in [-0.4, -0.2) is 45.0 Å². The molecule has 0 spiro atoms. The molecule has 0 aromatic carbocycles. The van der Waals surface area contributed by atoms with Gasteiger partial charge in [0.25, 0.3) is 0 Å². The minimum atomic E-state index is -0.869. The van der Waals surface area contributed by atoms with Gasteiger partial charge in [0.2, 0.25) is 5.91 Å². The predicted molar refractivity (Wildman–Crippen MR) is 76.0 cm³/mol. The summed E-state index contributed by atoms with van der Waals surface area (Å²) in [4.78, 5) is 33.3. The smallest absolute Gasteiger partial charge is 0.390 e. The Hall–Kier alpha value is -2.10. The highest BCUT2D eigenvalue weighted by molar-refractivity contribution is 7.80. The summed E-state index contributed by atoms with van der Waals surface area (Å²) in [6.07, 6.45) is 0. The topological polar surface area (TPSA) is 116 Å². The van der Waals surface area contributed by atoms with Gasteiger partial charge in [-0.3, -0.25) is 4.79 Å². The number of carbonyl (C=O) groups excluding carboxylic acids is 2. The molecule has 1 aromatic heterocycles. The number of ether oxygens (including phenoxy) is 1. The van der Waals surface area contributed by atoms with Gasteiger partial charge in [-0.25, -0.2) is 4.79 Å². The van der Waals surface area contributed by atoms with E-state index in [9.17, 15) is 19.7 Å². The zero-order valence-electron chi connectivity index (χ0n) is 11.6. The van der Waals surface area contributed by atoms with Crippen LogP contribution in [-0.2, 0) is 20.9 Å². The number of rotatable bonds is 7. The molecule has 0 aliphatic carbocycles. The number of carbonyl (C=O) groups is 2. The number of thiol groups is 1. The van der Waals surface area contributed by atoms with Crippen LogP contribution in [0.5, 0.6) is 0 Å². The first-order chi connectivity index (χ1) is 9.88. The van der Waals surface area contributed by atoms with Crippen LogP contribution in [0, 0.1) is 17.0 Å².